The van der Waals surface area contributed by atoms with Gasteiger partial charge in [-0.05, 0) is 37.6 Å². The number of thiazole rings is 1. The maximum Gasteiger partial charge on any atom is 0.242 e. The van der Waals surface area contributed by atoms with Crippen LogP contribution in [0.15, 0.2) is 63.8 Å². The third-order valence-corrected chi connectivity index (χ3v) is 7.16. The van der Waals surface area contributed by atoms with Crippen LogP contribution in [0.2, 0.25) is 0 Å². The Kier molecular flexibility index (Phi) is 7.39. The quantitative estimate of drug-likeness (QED) is 0.534. The summed E-state index contributed by atoms with van der Waals surface area (Å²) in [6, 6.07) is 15.4. The van der Waals surface area contributed by atoms with E-state index in [-0.39, 0.29) is 17.0 Å². The fourth-order valence-corrected chi connectivity index (χ4v) is 4.94. The molecule has 3 rings (SSSR count). The van der Waals surface area contributed by atoms with Crippen molar-refractivity contribution in [2.24, 2.45) is 4.99 Å². The first kappa shape index (κ1) is 22.5. The van der Waals surface area contributed by atoms with Gasteiger partial charge in [-0.25, -0.2) is 17.7 Å². The molecule has 0 aliphatic rings. The number of rotatable bonds is 5. The number of para-hydroxylation sites is 1. The minimum absolute atomic E-state index is 0. The Labute approximate surface area is 180 Å². The Morgan fingerprint density at radius 1 is 1.11 bits per heavy atom. The molecule has 5 nitrogen and oxygen atoms in total. The van der Waals surface area contributed by atoms with E-state index in [4.69, 9.17) is 4.99 Å². The normalized spacial score (nSPS) is 12.2. The van der Waals surface area contributed by atoms with Crippen LogP contribution >= 0.6 is 28.3 Å². The first-order valence-corrected chi connectivity index (χ1v) is 11.0. The van der Waals surface area contributed by atoms with Crippen molar-refractivity contribution in [3.05, 3.63) is 64.3 Å². The fraction of sp³-hybridized carbons (Fsp3) is 0.250. The Morgan fingerprint density at radius 2 is 1.79 bits per heavy atom. The lowest BCUT2D eigenvalue weighted by Crippen LogP contribution is -2.23. The lowest BCUT2D eigenvalue weighted by Gasteiger charge is -2.15. The molecule has 0 aliphatic carbocycles. The number of benzene rings is 2. The topological polar surface area (TPSA) is 54.7 Å². The molecule has 2 aromatic carbocycles. The summed E-state index contributed by atoms with van der Waals surface area (Å²) in [5.41, 5.74) is 3.47. The smallest absolute Gasteiger partial charge is 0.242 e. The standard InChI is InChI=1S/C20H23N3O2S2.BrH/c1-5-23-18(14-26-20(23)21-17-9-7-6-8-10-17)16-12-11-15(2)19(13-16)27(24,25)22(3)4;/h6-14H,5H2,1-4H3;1H. The van der Waals surface area contributed by atoms with E-state index in [1.54, 1.807) is 31.5 Å². The zero-order chi connectivity index (χ0) is 19.6. The molecule has 0 aliphatic heterocycles. The number of sulfonamides is 1. The second kappa shape index (κ2) is 9.17. The second-order valence-corrected chi connectivity index (χ2v) is 9.32. The van der Waals surface area contributed by atoms with Crippen LogP contribution in [0.4, 0.5) is 5.69 Å². The third-order valence-electron chi connectivity index (χ3n) is 4.34. The highest BCUT2D eigenvalue weighted by atomic mass is 79.9. The van der Waals surface area contributed by atoms with Gasteiger partial charge < -0.3 is 4.57 Å². The van der Waals surface area contributed by atoms with Crippen molar-refractivity contribution in [2.45, 2.75) is 25.3 Å². The molecule has 8 heteroatoms. The van der Waals surface area contributed by atoms with E-state index in [9.17, 15) is 8.42 Å². The first-order chi connectivity index (χ1) is 12.8. The Balaban J connectivity index is 0.00000280. The summed E-state index contributed by atoms with van der Waals surface area (Å²) >= 11 is 1.55. The van der Waals surface area contributed by atoms with Gasteiger partial charge in [0.25, 0.3) is 0 Å². The Bertz CT molecular complexity index is 1120. The average Bonchev–Trinajstić information content (AvgIpc) is 3.05. The summed E-state index contributed by atoms with van der Waals surface area (Å²) in [5, 5.41) is 2.03. The second-order valence-electron chi connectivity index (χ2n) is 6.36. The highest BCUT2D eigenvalue weighted by Crippen LogP contribution is 2.27. The van der Waals surface area contributed by atoms with Gasteiger partial charge in [0.2, 0.25) is 10.0 Å². The van der Waals surface area contributed by atoms with E-state index in [1.165, 1.54) is 4.31 Å². The predicted molar refractivity (Wildman–Crippen MR) is 121 cm³/mol. The van der Waals surface area contributed by atoms with Crippen molar-refractivity contribution in [1.29, 1.82) is 0 Å². The minimum atomic E-state index is -3.50. The summed E-state index contributed by atoms with van der Waals surface area (Å²) in [6.45, 7) is 4.62. The highest BCUT2D eigenvalue weighted by Gasteiger charge is 2.21. The molecule has 0 atom stereocenters. The summed E-state index contributed by atoms with van der Waals surface area (Å²) in [6.07, 6.45) is 0. The molecule has 0 radical (unpaired) electrons. The molecule has 0 unspecified atom stereocenters. The van der Waals surface area contributed by atoms with Crippen LogP contribution < -0.4 is 4.80 Å². The average molecular weight is 482 g/mol. The van der Waals surface area contributed by atoms with Crippen molar-refractivity contribution in [2.75, 3.05) is 14.1 Å². The van der Waals surface area contributed by atoms with Crippen molar-refractivity contribution in [3.8, 4) is 11.3 Å². The van der Waals surface area contributed by atoms with Crippen LogP contribution in [0.3, 0.4) is 0 Å². The van der Waals surface area contributed by atoms with E-state index in [0.717, 1.165) is 33.9 Å². The minimum Gasteiger partial charge on any atom is -0.317 e. The van der Waals surface area contributed by atoms with Gasteiger partial charge in [0.1, 0.15) is 0 Å². The molecule has 1 aromatic heterocycles. The van der Waals surface area contributed by atoms with Gasteiger partial charge in [-0.1, -0.05) is 30.3 Å². The van der Waals surface area contributed by atoms with Gasteiger partial charge in [-0.2, -0.15) is 0 Å². The number of aromatic nitrogens is 1. The molecule has 0 fully saturated rings. The monoisotopic (exact) mass is 481 g/mol. The number of halogens is 1. The van der Waals surface area contributed by atoms with Gasteiger partial charge in [0.05, 0.1) is 16.3 Å². The van der Waals surface area contributed by atoms with Crippen molar-refractivity contribution >= 4 is 44.0 Å². The van der Waals surface area contributed by atoms with Crippen LogP contribution in [0.1, 0.15) is 12.5 Å². The molecular formula is C20H24BrN3O2S2. The molecule has 28 heavy (non-hydrogen) atoms. The largest absolute Gasteiger partial charge is 0.317 e. The van der Waals surface area contributed by atoms with Gasteiger partial charge in [-0.15, -0.1) is 28.3 Å². The molecule has 0 amide bonds. The van der Waals surface area contributed by atoms with Crippen LogP contribution in [-0.2, 0) is 16.6 Å². The van der Waals surface area contributed by atoms with Gasteiger partial charge in [0.15, 0.2) is 4.80 Å². The molecule has 0 spiro atoms. The maximum absolute atomic E-state index is 12.6. The highest BCUT2D eigenvalue weighted by molar-refractivity contribution is 8.93. The molecular weight excluding hydrogens is 458 g/mol. The van der Waals surface area contributed by atoms with Crippen LogP contribution in [0.5, 0.6) is 0 Å². The number of hydrogen-bond donors (Lipinski definition) is 0. The number of nitrogens with zero attached hydrogens (tertiary/aromatic N) is 3. The van der Waals surface area contributed by atoms with Gasteiger partial charge in [-0.3, -0.25) is 0 Å². The molecule has 1 heterocycles. The summed E-state index contributed by atoms with van der Waals surface area (Å²) in [4.78, 5) is 5.95. The molecule has 150 valence electrons. The molecule has 0 N–H and O–H groups in total. The SMILES string of the molecule is Br.CCn1c(-c2ccc(C)c(S(=O)(=O)N(C)C)c2)csc1=Nc1ccccc1. The van der Waals surface area contributed by atoms with Gasteiger partial charge >= 0.3 is 0 Å². The van der Waals surface area contributed by atoms with E-state index in [1.807, 2.05) is 54.8 Å². The number of aryl methyl sites for hydroxylation is 1. The predicted octanol–water partition coefficient (Wildman–Crippen LogP) is 4.61. The van der Waals surface area contributed by atoms with Crippen LogP contribution in [-0.4, -0.2) is 31.4 Å². The molecule has 3 aromatic rings. The summed E-state index contributed by atoms with van der Waals surface area (Å²) in [7, 11) is -0.394. The number of hydrogen-bond acceptors (Lipinski definition) is 4. The first-order valence-electron chi connectivity index (χ1n) is 8.66. The summed E-state index contributed by atoms with van der Waals surface area (Å²) < 4.78 is 28.6. The lowest BCUT2D eigenvalue weighted by atomic mass is 10.1. The zero-order valence-corrected chi connectivity index (χ0v) is 19.6. The van der Waals surface area contributed by atoms with E-state index in [2.05, 4.69) is 11.5 Å². The Hall–Kier alpha value is -1.74. The van der Waals surface area contributed by atoms with Crippen molar-refractivity contribution in [1.82, 2.24) is 8.87 Å². The maximum atomic E-state index is 12.6. The van der Waals surface area contributed by atoms with Crippen molar-refractivity contribution in [3.63, 3.8) is 0 Å². The van der Waals surface area contributed by atoms with Crippen LogP contribution in [0, 0.1) is 6.92 Å². The molecule has 0 saturated heterocycles. The van der Waals surface area contributed by atoms with Crippen molar-refractivity contribution < 1.29 is 8.42 Å². The lowest BCUT2D eigenvalue weighted by molar-refractivity contribution is 0.520. The zero-order valence-electron chi connectivity index (χ0n) is 16.3. The fourth-order valence-electron chi connectivity index (χ4n) is 2.80. The summed E-state index contributed by atoms with van der Waals surface area (Å²) in [5.74, 6) is 0. The Morgan fingerprint density at radius 3 is 2.39 bits per heavy atom. The molecule has 0 saturated carbocycles. The van der Waals surface area contributed by atoms with Gasteiger partial charge in [0, 0.05) is 31.6 Å². The molecule has 0 bridgehead atoms. The third kappa shape index (κ3) is 4.46. The van der Waals surface area contributed by atoms with E-state index in [0.29, 0.717) is 4.90 Å². The van der Waals surface area contributed by atoms with E-state index >= 15 is 0 Å². The van der Waals surface area contributed by atoms with E-state index < -0.39 is 10.0 Å². The van der Waals surface area contributed by atoms with Crippen LogP contribution in [0.25, 0.3) is 11.3 Å².